The first-order valence-corrected chi connectivity index (χ1v) is 6.34. The van der Waals surface area contributed by atoms with Gasteiger partial charge in [-0.25, -0.2) is 4.79 Å². The van der Waals surface area contributed by atoms with Crippen LogP contribution in [0.5, 0.6) is 0 Å². The molecule has 20 heavy (non-hydrogen) atoms. The predicted molar refractivity (Wildman–Crippen MR) is 73.4 cm³/mol. The molecule has 100 valence electrons. The fraction of sp³-hybridized carbons (Fsp3) is 0.200. The lowest BCUT2D eigenvalue weighted by molar-refractivity contribution is -0.115. The molecule has 1 atom stereocenters. The highest BCUT2D eigenvalue weighted by atomic mass is 16.5. The smallest absolute Gasteiger partial charge is 0.339 e. The minimum absolute atomic E-state index is 0.00632. The maximum Gasteiger partial charge on any atom is 0.339 e. The van der Waals surface area contributed by atoms with E-state index in [1.165, 1.54) is 18.5 Å². The van der Waals surface area contributed by atoms with Crippen LogP contribution in [0.15, 0.2) is 35.6 Å². The average Bonchev–Trinajstić information content (AvgIpc) is 2.47. The van der Waals surface area contributed by atoms with Crippen LogP contribution in [0, 0.1) is 5.92 Å². The number of allylic oxidation sites excluding steroid dienone is 2. The van der Waals surface area contributed by atoms with E-state index in [2.05, 4.69) is 9.98 Å². The van der Waals surface area contributed by atoms with Crippen molar-refractivity contribution in [1.29, 1.82) is 0 Å². The van der Waals surface area contributed by atoms with Crippen molar-refractivity contribution < 1.29 is 14.3 Å². The third kappa shape index (κ3) is 1.97. The monoisotopic (exact) mass is 268 g/mol. The second-order valence-electron chi connectivity index (χ2n) is 4.45. The van der Waals surface area contributed by atoms with Gasteiger partial charge >= 0.3 is 5.97 Å². The van der Waals surface area contributed by atoms with Gasteiger partial charge in [-0.05, 0) is 13.0 Å². The first kappa shape index (κ1) is 12.5. The molecule has 0 aromatic carbocycles. The van der Waals surface area contributed by atoms with Crippen molar-refractivity contribution in [3.8, 4) is 0 Å². The fourth-order valence-corrected chi connectivity index (χ4v) is 2.25. The van der Waals surface area contributed by atoms with E-state index in [0.29, 0.717) is 23.6 Å². The molecule has 2 heterocycles. The summed E-state index contributed by atoms with van der Waals surface area (Å²) in [5, 5.41) is 0. The molecule has 1 aromatic rings. The average molecular weight is 268 g/mol. The Morgan fingerprint density at radius 1 is 1.40 bits per heavy atom. The molecule has 5 nitrogen and oxygen atoms in total. The van der Waals surface area contributed by atoms with E-state index in [0.717, 1.165) is 5.56 Å². The summed E-state index contributed by atoms with van der Waals surface area (Å²) < 4.78 is 4.94. The molecule has 2 aliphatic rings. The number of aliphatic imine (C=N–C) groups is 1. The number of esters is 1. The molecule has 1 aliphatic heterocycles. The van der Waals surface area contributed by atoms with Crippen molar-refractivity contribution in [2.24, 2.45) is 10.9 Å². The van der Waals surface area contributed by atoms with Crippen LogP contribution < -0.4 is 0 Å². The number of ketones is 1. The van der Waals surface area contributed by atoms with Crippen LogP contribution in [-0.4, -0.2) is 29.1 Å². The number of carbonyl (C=O) groups is 2. The first-order valence-electron chi connectivity index (χ1n) is 6.34. The summed E-state index contributed by atoms with van der Waals surface area (Å²) in [7, 11) is 0. The summed E-state index contributed by atoms with van der Waals surface area (Å²) in [5.74, 6) is -0.776. The topological polar surface area (TPSA) is 68.6 Å². The SMILES string of the molecule is CCOC(=O)c1cnc2c(c1)C=CC1C(=O)C=CN=C21. The number of ether oxygens (including phenoxy) is 1. The van der Waals surface area contributed by atoms with Crippen LogP contribution in [0.25, 0.3) is 6.08 Å². The van der Waals surface area contributed by atoms with E-state index < -0.39 is 5.97 Å². The van der Waals surface area contributed by atoms with Gasteiger partial charge in [0.2, 0.25) is 0 Å². The number of hydrogen-bond donors (Lipinski definition) is 0. The molecule has 0 spiro atoms. The van der Waals surface area contributed by atoms with Gasteiger partial charge in [-0.1, -0.05) is 12.2 Å². The Labute approximate surface area is 115 Å². The van der Waals surface area contributed by atoms with Crippen LogP contribution in [0.3, 0.4) is 0 Å². The van der Waals surface area contributed by atoms with Gasteiger partial charge in [0, 0.05) is 24.0 Å². The lowest BCUT2D eigenvalue weighted by Crippen LogP contribution is -2.28. The molecule has 3 rings (SSSR count). The number of nitrogens with zero attached hydrogens (tertiary/aromatic N) is 2. The van der Waals surface area contributed by atoms with Crippen molar-refractivity contribution >= 4 is 23.5 Å². The summed E-state index contributed by atoms with van der Waals surface area (Å²) in [4.78, 5) is 32.0. The standard InChI is InChI=1S/C15H12N2O3/c1-2-20-15(19)10-7-9-3-4-11-12(18)5-6-16-14(11)13(9)17-8-10/h3-8,11H,2H2,1H3. The first-order chi connectivity index (χ1) is 9.70. The maximum atomic E-state index is 11.8. The highest BCUT2D eigenvalue weighted by molar-refractivity contribution is 6.21. The van der Waals surface area contributed by atoms with Gasteiger partial charge in [0.05, 0.1) is 29.5 Å². The van der Waals surface area contributed by atoms with Crippen LogP contribution in [0.1, 0.15) is 28.5 Å². The number of hydrogen-bond acceptors (Lipinski definition) is 5. The van der Waals surface area contributed by atoms with E-state index in [4.69, 9.17) is 4.74 Å². The lowest BCUT2D eigenvalue weighted by Gasteiger charge is -2.21. The number of carbonyl (C=O) groups excluding carboxylic acids is 2. The normalized spacial score (nSPS) is 19.1. The summed E-state index contributed by atoms with van der Waals surface area (Å²) in [6.07, 6.45) is 7.97. The highest BCUT2D eigenvalue weighted by Gasteiger charge is 2.29. The summed E-state index contributed by atoms with van der Waals surface area (Å²) in [6.45, 7) is 2.07. The third-order valence-corrected chi connectivity index (χ3v) is 3.19. The van der Waals surface area contributed by atoms with Gasteiger partial charge in [-0.3, -0.25) is 14.8 Å². The molecule has 0 amide bonds. The van der Waals surface area contributed by atoms with Crippen molar-refractivity contribution in [2.75, 3.05) is 6.61 Å². The van der Waals surface area contributed by atoms with Gasteiger partial charge in [-0.2, -0.15) is 0 Å². The van der Waals surface area contributed by atoms with Gasteiger partial charge < -0.3 is 4.74 Å². The van der Waals surface area contributed by atoms with Crippen LogP contribution in [0.2, 0.25) is 0 Å². The van der Waals surface area contributed by atoms with Gasteiger partial charge in [0.1, 0.15) is 0 Å². The van der Waals surface area contributed by atoms with Gasteiger partial charge in [-0.15, -0.1) is 0 Å². The minimum atomic E-state index is -0.403. The number of pyridine rings is 1. The molecule has 0 fully saturated rings. The third-order valence-electron chi connectivity index (χ3n) is 3.19. The molecule has 0 saturated heterocycles. The molecular weight excluding hydrogens is 256 g/mol. The molecule has 0 saturated carbocycles. The van der Waals surface area contributed by atoms with Crippen molar-refractivity contribution in [1.82, 2.24) is 4.98 Å². The summed E-state index contributed by atoms with van der Waals surface area (Å²) in [5.41, 5.74) is 2.44. The number of aromatic nitrogens is 1. The van der Waals surface area contributed by atoms with E-state index in [1.54, 1.807) is 25.1 Å². The summed E-state index contributed by atoms with van der Waals surface area (Å²) >= 11 is 0. The van der Waals surface area contributed by atoms with E-state index in [9.17, 15) is 9.59 Å². The zero-order chi connectivity index (χ0) is 14.1. The lowest BCUT2D eigenvalue weighted by atomic mass is 9.86. The predicted octanol–water partition coefficient (Wildman–Crippen LogP) is 1.79. The molecule has 1 unspecified atom stereocenters. The van der Waals surface area contributed by atoms with Gasteiger partial charge in [0.15, 0.2) is 5.78 Å². The molecular formula is C15H12N2O3. The van der Waals surface area contributed by atoms with E-state index in [-0.39, 0.29) is 11.7 Å². The Kier molecular flexibility index (Phi) is 3.02. The Morgan fingerprint density at radius 2 is 2.25 bits per heavy atom. The Hall–Kier alpha value is -2.56. The Balaban J connectivity index is 2.03. The molecule has 1 aliphatic carbocycles. The van der Waals surface area contributed by atoms with Crippen LogP contribution >= 0.6 is 0 Å². The zero-order valence-electron chi connectivity index (χ0n) is 10.9. The second kappa shape index (κ2) is 4.85. The molecule has 5 heteroatoms. The molecule has 0 radical (unpaired) electrons. The molecule has 0 N–H and O–H groups in total. The molecule has 1 aromatic heterocycles. The van der Waals surface area contributed by atoms with Crippen LogP contribution in [-0.2, 0) is 9.53 Å². The summed E-state index contributed by atoms with van der Waals surface area (Å²) in [6, 6.07) is 1.71. The highest BCUT2D eigenvalue weighted by Crippen LogP contribution is 2.26. The number of fused-ring (bicyclic) bond motifs is 3. The van der Waals surface area contributed by atoms with Crippen molar-refractivity contribution in [2.45, 2.75) is 6.92 Å². The maximum absolute atomic E-state index is 11.8. The number of rotatable bonds is 2. The largest absolute Gasteiger partial charge is 0.462 e. The van der Waals surface area contributed by atoms with E-state index in [1.807, 2.05) is 0 Å². The quantitative estimate of drug-likeness (QED) is 0.767. The Bertz CT molecular complexity index is 686. The minimum Gasteiger partial charge on any atom is -0.462 e. The fourth-order valence-electron chi connectivity index (χ4n) is 2.25. The Morgan fingerprint density at radius 3 is 3.05 bits per heavy atom. The van der Waals surface area contributed by atoms with Crippen LogP contribution in [0.4, 0.5) is 0 Å². The van der Waals surface area contributed by atoms with Crippen molar-refractivity contribution in [3.63, 3.8) is 0 Å². The van der Waals surface area contributed by atoms with Gasteiger partial charge in [0.25, 0.3) is 0 Å². The van der Waals surface area contributed by atoms with Crippen molar-refractivity contribution in [3.05, 3.63) is 47.4 Å². The second-order valence-corrected chi connectivity index (χ2v) is 4.45. The van der Waals surface area contributed by atoms with E-state index >= 15 is 0 Å². The molecule has 0 bridgehead atoms. The zero-order valence-corrected chi connectivity index (χ0v) is 10.9.